The monoisotopic (exact) mass is 266 g/mol. The Morgan fingerprint density at radius 3 is 3.00 bits per heavy atom. The first-order valence-corrected chi connectivity index (χ1v) is 6.44. The van der Waals surface area contributed by atoms with E-state index in [1.54, 1.807) is 17.0 Å². The topological polar surface area (TPSA) is 82.8 Å². The zero-order valence-electron chi connectivity index (χ0n) is 10.7. The van der Waals surface area contributed by atoms with Crippen molar-refractivity contribution in [2.45, 2.75) is 25.4 Å². The van der Waals surface area contributed by atoms with E-state index in [0.29, 0.717) is 38.9 Å². The Bertz CT molecular complexity index is 430. The Hall–Kier alpha value is -1.82. The number of furan rings is 1. The maximum atomic E-state index is 11.7. The summed E-state index contributed by atoms with van der Waals surface area (Å²) < 4.78 is 4.95. The highest BCUT2D eigenvalue weighted by Crippen LogP contribution is 2.10. The number of carbonyl (C=O) groups excluding carboxylic acids is 2. The first-order chi connectivity index (χ1) is 9.16. The Morgan fingerprint density at radius 2 is 2.37 bits per heavy atom. The predicted molar refractivity (Wildman–Crippen MR) is 67.5 cm³/mol. The van der Waals surface area contributed by atoms with Gasteiger partial charge < -0.3 is 19.7 Å². The van der Waals surface area contributed by atoms with Crippen molar-refractivity contribution < 1.29 is 19.1 Å². The standard InChI is InChI=1S/C13H18N2O4/c16-10-5-7-15(9-10)12(17)4-1-6-14-13(18)11-3-2-8-19-11/h2-3,8,10,16H,1,4-7,9H2,(H,14,18)/t10-/m0/s1. The van der Waals surface area contributed by atoms with E-state index in [4.69, 9.17) is 4.42 Å². The van der Waals surface area contributed by atoms with Crippen LogP contribution in [-0.2, 0) is 4.79 Å². The molecule has 6 heteroatoms. The van der Waals surface area contributed by atoms with E-state index in [2.05, 4.69) is 5.32 Å². The van der Waals surface area contributed by atoms with Crippen LogP contribution in [-0.4, -0.2) is 47.6 Å². The van der Waals surface area contributed by atoms with Gasteiger partial charge in [0.25, 0.3) is 5.91 Å². The Kier molecular flexibility index (Phi) is 4.57. The molecule has 0 bridgehead atoms. The number of carbonyl (C=O) groups is 2. The number of hydrogen-bond acceptors (Lipinski definition) is 4. The van der Waals surface area contributed by atoms with Gasteiger partial charge in [-0.1, -0.05) is 0 Å². The highest BCUT2D eigenvalue weighted by molar-refractivity contribution is 5.91. The van der Waals surface area contributed by atoms with Crippen molar-refractivity contribution >= 4 is 11.8 Å². The van der Waals surface area contributed by atoms with Crippen LogP contribution < -0.4 is 5.32 Å². The number of β-amino-alcohol motifs (C(OH)–C–C–N with tert-alkyl or cyclic N) is 1. The van der Waals surface area contributed by atoms with E-state index in [1.165, 1.54) is 6.26 Å². The molecule has 0 radical (unpaired) electrons. The fraction of sp³-hybridized carbons (Fsp3) is 0.538. The summed E-state index contributed by atoms with van der Waals surface area (Å²) >= 11 is 0. The number of hydrogen-bond donors (Lipinski definition) is 2. The number of nitrogens with zero attached hydrogens (tertiary/aromatic N) is 1. The van der Waals surface area contributed by atoms with Gasteiger partial charge >= 0.3 is 0 Å². The van der Waals surface area contributed by atoms with Crippen molar-refractivity contribution in [3.63, 3.8) is 0 Å². The summed E-state index contributed by atoms with van der Waals surface area (Å²) in [7, 11) is 0. The van der Waals surface area contributed by atoms with E-state index in [9.17, 15) is 14.7 Å². The molecule has 0 aromatic carbocycles. The molecule has 2 amide bonds. The fourth-order valence-electron chi connectivity index (χ4n) is 2.06. The molecule has 1 aliphatic heterocycles. The highest BCUT2D eigenvalue weighted by Gasteiger charge is 2.23. The number of aliphatic hydroxyl groups excluding tert-OH is 1. The number of nitrogens with one attached hydrogen (secondary N) is 1. The van der Waals surface area contributed by atoms with Crippen LogP contribution in [0.1, 0.15) is 29.8 Å². The second-order valence-corrected chi connectivity index (χ2v) is 4.62. The molecule has 1 aliphatic rings. The van der Waals surface area contributed by atoms with Gasteiger partial charge in [-0.25, -0.2) is 0 Å². The molecule has 2 rings (SSSR count). The van der Waals surface area contributed by atoms with Gasteiger partial charge in [0.2, 0.25) is 5.91 Å². The Labute approximate surface area is 111 Å². The quantitative estimate of drug-likeness (QED) is 0.755. The van der Waals surface area contributed by atoms with Gasteiger partial charge in [0.1, 0.15) is 0 Å². The zero-order valence-corrected chi connectivity index (χ0v) is 10.7. The van der Waals surface area contributed by atoms with E-state index >= 15 is 0 Å². The van der Waals surface area contributed by atoms with Crippen molar-refractivity contribution in [1.29, 1.82) is 0 Å². The van der Waals surface area contributed by atoms with E-state index < -0.39 is 0 Å². The van der Waals surface area contributed by atoms with Gasteiger partial charge in [-0.15, -0.1) is 0 Å². The molecular weight excluding hydrogens is 248 g/mol. The molecule has 1 aromatic heterocycles. The smallest absolute Gasteiger partial charge is 0.286 e. The largest absolute Gasteiger partial charge is 0.459 e. The maximum absolute atomic E-state index is 11.7. The normalized spacial score (nSPS) is 18.6. The van der Waals surface area contributed by atoms with Crippen molar-refractivity contribution in [1.82, 2.24) is 10.2 Å². The van der Waals surface area contributed by atoms with Gasteiger partial charge in [0.15, 0.2) is 5.76 Å². The number of amides is 2. The minimum absolute atomic E-state index is 0.0313. The summed E-state index contributed by atoms with van der Waals surface area (Å²) in [6.07, 6.45) is 2.67. The molecule has 1 aromatic rings. The molecular formula is C13H18N2O4. The minimum Gasteiger partial charge on any atom is -0.459 e. The third kappa shape index (κ3) is 3.82. The second-order valence-electron chi connectivity index (χ2n) is 4.62. The molecule has 1 saturated heterocycles. The van der Waals surface area contributed by atoms with Crippen LogP contribution in [0.15, 0.2) is 22.8 Å². The molecule has 1 fully saturated rings. The van der Waals surface area contributed by atoms with Crippen LogP contribution in [0.25, 0.3) is 0 Å². The molecule has 104 valence electrons. The lowest BCUT2D eigenvalue weighted by Gasteiger charge is -2.15. The number of likely N-dealkylation sites (tertiary alicyclic amines) is 1. The van der Waals surface area contributed by atoms with Crippen molar-refractivity contribution in [2.24, 2.45) is 0 Å². The van der Waals surface area contributed by atoms with Gasteiger partial charge in [0, 0.05) is 26.1 Å². The summed E-state index contributed by atoms with van der Waals surface area (Å²) in [6, 6.07) is 3.24. The lowest BCUT2D eigenvalue weighted by Crippen LogP contribution is -2.30. The molecule has 0 saturated carbocycles. The lowest BCUT2D eigenvalue weighted by atomic mass is 10.2. The van der Waals surface area contributed by atoms with E-state index in [-0.39, 0.29) is 23.7 Å². The van der Waals surface area contributed by atoms with Crippen molar-refractivity contribution in [3.8, 4) is 0 Å². The van der Waals surface area contributed by atoms with Crippen LogP contribution >= 0.6 is 0 Å². The van der Waals surface area contributed by atoms with Crippen molar-refractivity contribution in [3.05, 3.63) is 24.2 Å². The molecule has 19 heavy (non-hydrogen) atoms. The molecule has 0 unspecified atom stereocenters. The minimum atomic E-state index is -0.386. The predicted octanol–water partition coefficient (Wildman–Crippen LogP) is 0.383. The van der Waals surface area contributed by atoms with Crippen LogP contribution in [0, 0.1) is 0 Å². The van der Waals surface area contributed by atoms with Crippen LogP contribution in [0.2, 0.25) is 0 Å². The van der Waals surface area contributed by atoms with Crippen LogP contribution in [0.3, 0.4) is 0 Å². The third-order valence-corrected chi connectivity index (χ3v) is 3.11. The molecule has 2 N–H and O–H groups in total. The summed E-state index contributed by atoms with van der Waals surface area (Å²) in [5.41, 5.74) is 0. The highest BCUT2D eigenvalue weighted by atomic mass is 16.3. The number of aliphatic hydroxyl groups is 1. The summed E-state index contributed by atoms with van der Waals surface area (Å²) in [4.78, 5) is 24.9. The summed E-state index contributed by atoms with van der Waals surface area (Å²) in [6.45, 7) is 1.48. The first-order valence-electron chi connectivity index (χ1n) is 6.44. The molecule has 0 spiro atoms. The van der Waals surface area contributed by atoms with Gasteiger partial charge in [-0.05, 0) is 25.0 Å². The van der Waals surface area contributed by atoms with Crippen LogP contribution in [0.5, 0.6) is 0 Å². The van der Waals surface area contributed by atoms with Crippen molar-refractivity contribution in [2.75, 3.05) is 19.6 Å². The van der Waals surface area contributed by atoms with Crippen LogP contribution in [0.4, 0.5) is 0 Å². The maximum Gasteiger partial charge on any atom is 0.286 e. The SMILES string of the molecule is O=C(NCCCC(=O)N1CC[C@H](O)C1)c1ccco1. The van der Waals surface area contributed by atoms with Gasteiger partial charge in [0.05, 0.1) is 12.4 Å². The molecule has 0 aliphatic carbocycles. The Morgan fingerprint density at radius 1 is 1.53 bits per heavy atom. The van der Waals surface area contributed by atoms with E-state index in [0.717, 1.165) is 0 Å². The second kappa shape index (κ2) is 6.38. The average molecular weight is 266 g/mol. The van der Waals surface area contributed by atoms with Gasteiger partial charge in [-0.2, -0.15) is 0 Å². The number of rotatable bonds is 5. The zero-order chi connectivity index (χ0) is 13.7. The fourth-order valence-corrected chi connectivity index (χ4v) is 2.06. The van der Waals surface area contributed by atoms with Gasteiger partial charge in [-0.3, -0.25) is 9.59 Å². The average Bonchev–Trinajstić information content (AvgIpc) is 3.04. The van der Waals surface area contributed by atoms with E-state index in [1.807, 2.05) is 0 Å². The third-order valence-electron chi connectivity index (χ3n) is 3.11. The summed E-state index contributed by atoms with van der Waals surface area (Å²) in [5.74, 6) is 0.0341. The summed E-state index contributed by atoms with van der Waals surface area (Å²) in [5, 5.41) is 12.0. The molecule has 1 atom stereocenters. The molecule has 6 nitrogen and oxygen atoms in total. The molecule has 2 heterocycles. The lowest BCUT2D eigenvalue weighted by molar-refractivity contribution is -0.130. The Balaban J connectivity index is 1.62. The first kappa shape index (κ1) is 13.6.